The Labute approximate surface area is 119 Å². The van der Waals surface area contributed by atoms with Crippen LogP contribution in [0.5, 0.6) is 5.75 Å². The minimum absolute atomic E-state index is 0.289. The van der Waals surface area contributed by atoms with E-state index in [1.807, 2.05) is 24.5 Å². The van der Waals surface area contributed by atoms with Crippen LogP contribution in [0.25, 0.3) is 11.4 Å². The van der Waals surface area contributed by atoms with Crippen molar-refractivity contribution in [3.8, 4) is 17.1 Å². The molecule has 1 aliphatic rings. The van der Waals surface area contributed by atoms with Crippen LogP contribution in [0.1, 0.15) is 25.7 Å². The zero-order valence-corrected chi connectivity index (χ0v) is 11.6. The molecule has 0 saturated carbocycles. The molecule has 1 saturated heterocycles. The topological polar surface area (TPSA) is 50.1 Å². The van der Waals surface area contributed by atoms with E-state index in [2.05, 4.69) is 14.9 Å². The van der Waals surface area contributed by atoms with Crippen molar-refractivity contribution in [3.63, 3.8) is 0 Å². The van der Waals surface area contributed by atoms with Crippen LogP contribution >= 0.6 is 0 Å². The summed E-state index contributed by atoms with van der Waals surface area (Å²) in [7, 11) is 0. The Balaban J connectivity index is 1.77. The lowest BCUT2D eigenvalue weighted by Gasteiger charge is -2.18. The molecule has 0 spiro atoms. The lowest BCUT2D eigenvalue weighted by atomic mass is 10.1. The van der Waals surface area contributed by atoms with Gasteiger partial charge in [-0.15, -0.1) is 0 Å². The Kier molecular flexibility index (Phi) is 4.02. The van der Waals surface area contributed by atoms with E-state index in [9.17, 15) is 5.11 Å². The number of phenolic OH excluding ortho intramolecular Hbond substituents is 1. The van der Waals surface area contributed by atoms with Crippen LogP contribution in [-0.4, -0.2) is 27.2 Å². The van der Waals surface area contributed by atoms with Crippen LogP contribution in [0.2, 0.25) is 0 Å². The lowest BCUT2D eigenvalue weighted by molar-refractivity contribution is 0.446. The quantitative estimate of drug-likeness (QED) is 0.902. The molecule has 2 aromatic rings. The molecule has 2 heterocycles. The molecule has 1 aromatic carbocycles. The largest absolute Gasteiger partial charge is 0.508 e. The fourth-order valence-electron chi connectivity index (χ4n) is 2.82. The van der Waals surface area contributed by atoms with Crippen LogP contribution in [0.15, 0.2) is 36.7 Å². The summed E-state index contributed by atoms with van der Waals surface area (Å²) in [5.41, 5.74) is 1.04. The van der Waals surface area contributed by atoms with E-state index in [1.54, 1.807) is 12.1 Å². The first-order valence-electron chi connectivity index (χ1n) is 7.37. The highest BCUT2D eigenvalue weighted by atomic mass is 16.3. The van der Waals surface area contributed by atoms with Crippen molar-refractivity contribution in [2.24, 2.45) is 0 Å². The number of phenols is 1. The molecule has 4 heteroatoms. The second kappa shape index (κ2) is 6.09. The number of aromatic hydroxyl groups is 1. The lowest BCUT2D eigenvalue weighted by Crippen LogP contribution is -2.32. The van der Waals surface area contributed by atoms with E-state index >= 15 is 0 Å². The predicted octanol–water partition coefficient (Wildman–Crippen LogP) is 2.79. The van der Waals surface area contributed by atoms with Gasteiger partial charge in [-0.2, -0.15) is 0 Å². The van der Waals surface area contributed by atoms with Gasteiger partial charge >= 0.3 is 0 Å². The minimum Gasteiger partial charge on any atom is -0.508 e. The van der Waals surface area contributed by atoms with Gasteiger partial charge in [0.2, 0.25) is 0 Å². The van der Waals surface area contributed by atoms with Gasteiger partial charge in [0, 0.05) is 30.5 Å². The van der Waals surface area contributed by atoms with Crippen LogP contribution in [0.4, 0.5) is 0 Å². The fourth-order valence-corrected chi connectivity index (χ4v) is 2.82. The highest BCUT2D eigenvalue weighted by Gasteiger charge is 2.14. The first-order chi connectivity index (χ1) is 9.83. The Morgan fingerprint density at radius 1 is 1.20 bits per heavy atom. The van der Waals surface area contributed by atoms with E-state index in [-0.39, 0.29) is 5.75 Å². The number of rotatable bonds is 3. The molecule has 0 bridgehead atoms. The average molecular weight is 271 g/mol. The summed E-state index contributed by atoms with van der Waals surface area (Å²) in [5.74, 6) is 1.26. The first-order valence-corrected chi connectivity index (χ1v) is 7.37. The van der Waals surface area contributed by atoms with Crippen LogP contribution in [-0.2, 0) is 6.54 Å². The molecule has 0 radical (unpaired) electrons. The van der Waals surface area contributed by atoms with Crippen molar-refractivity contribution < 1.29 is 5.11 Å². The molecule has 1 unspecified atom stereocenters. The van der Waals surface area contributed by atoms with E-state index in [1.165, 1.54) is 25.7 Å². The molecule has 2 N–H and O–H groups in total. The van der Waals surface area contributed by atoms with Gasteiger partial charge in [0.15, 0.2) is 0 Å². The number of aromatic nitrogens is 2. The van der Waals surface area contributed by atoms with Crippen molar-refractivity contribution in [3.05, 3.63) is 36.7 Å². The molecule has 0 amide bonds. The molecule has 1 fully saturated rings. The zero-order valence-electron chi connectivity index (χ0n) is 11.6. The van der Waals surface area contributed by atoms with Crippen LogP contribution < -0.4 is 5.32 Å². The summed E-state index contributed by atoms with van der Waals surface area (Å²) in [6.45, 7) is 2.07. The van der Waals surface area contributed by atoms with Gasteiger partial charge in [0.25, 0.3) is 0 Å². The van der Waals surface area contributed by atoms with Crippen molar-refractivity contribution >= 4 is 0 Å². The molecule has 4 nitrogen and oxygen atoms in total. The number of nitrogens with zero attached hydrogens (tertiary/aromatic N) is 2. The first kappa shape index (κ1) is 13.2. The van der Waals surface area contributed by atoms with Gasteiger partial charge in [0.05, 0.1) is 0 Å². The molecule has 20 heavy (non-hydrogen) atoms. The molecule has 0 aliphatic carbocycles. The molecule has 1 aliphatic heterocycles. The molecular weight excluding hydrogens is 250 g/mol. The number of hydrogen-bond donors (Lipinski definition) is 2. The number of imidazole rings is 1. The molecular formula is C16H21N3O. The third-order valence-corrected chi connectivity index (χ3v) is 3.92. The maximum absolute atomic E-state index is 9.38. The summed E-state index contributed by atoms with van der Waals surface area (Å²) in [6.07, 6.45) is 9.03. The van der Waals surface area contributed by atoms with Gasteiger partial charge in [0.1, 0.15) is 11.6 Å². The Bertz CT molecular complexity index is 539. The van der Waals surface area contributed by atoms with E-state index in [0.29, 0.717) is 6.04 Å². The second-order valence-electron chi connectivity index (χ2n) is 5.45. The molecule has 1 aromatic heterocycles. The standard InChI is InChI=1S/C16H21N3O/c20-15-7-5-13(6-8-15)16-18-10-11-19(16)12-14-4-2-1-3-9-17-14/h5-8,10-11,14,17,20H,1-4,9,12H2. The smallest absolute Gasteiger partial charge is 0.139 e. The van der Waals surface area contributed by atoms with Crippen molar-refractivity contribution in [2.75, 3.05) is 6.54 Å². The Morgan fingerprint density at radius 2 is 2.05 bits per heavy atom. The summed E-state index contributed by atoms with van der Waals surface area (Å²) in [5, 5.41) is 13.0. The van der Waals surface area contributed by atoms with Crippen molar-refractivity contribution in [2.45, 2.75) is 38.3 Å². The van der Waals surface area contributed by atoms with E-state index < -0.39 is 0 Å². The van der Waals surface area contributed by atoms with E-state index in [0.717, 1.165) is 24.5 Å². The average Bonchev–Trinajstić information content (AvgIpc) is 2.75. The Hall–Kier alpha value is -1.81. The van der Waals surface area contributed by atoms with Crippen molar-refractivity contribution in [1.29, 1.82) is 0 Å². The summed E-state index contributed by atoms with van der Waals surface area (Å²) in [6, 6.07) is 7.77. The Morgan fingerprint density at radius 3 is 2.90 bits per heavy atom. The molecule has 3 rings (SSSR count). The zero-order chi connectivity index (χ0) is 13.8. The maximum atomic E-state index is 9.38. The summed E-state index contributed by atoms with van der Waals surface area (Å²) >= 11 is 0. The number of nitrogens with one attached hydrogen (secondary N) is 1. The third kappa shape index (κ3) is 3.02. The summed E-state index contributed by atoms with van der Waals surface area (Å²) < 4.78 is 2.20. The second-order valence-corrected chi connectivity index (χ2v) is 5.45. The number of hydrogen-bond acceptors (Lipinski definition) is 3. The van der Waals surface area contributed by atoms with Gasteiger partial charge < -0.3 is 15.0 Å². The normalized spacial score (nSPS) is 19.7. The number of benzene rings is 1. The summed E-state index contributed by atoms with van der Waals surface area (Å²) in [4.78, 5) is 4.46. The highest BCUT2D eigenvalue weighted by molar-refractivity contribution is 5.56. The molecule has 106 valence electrons. The SMILES string of the molecule is Oc1ccc(-c2nccn2CC2CCCCCN2)cc1. The molecule has 1 atom stereocenters. The highest BCUT2D eigenvalue weighted by Crippen LogP contribution is 2.21. The maximum Gasteiger partial charge on any atom is 0.139 e. The van der Waals surface area contributed by atoms with E-state index in [4.69, 9.17) is 0 Å². The third-order valence-electron chi connectivity index (χ3n) is 3.92. The van der Waals surface area contributed by atoms with Gasteiger partial charge in [-0.3, -0.25) is 0 Å². The van der Waals surface area contributed by atoms with Gasteiger partial charge in [-0.05, 0) is 43.7 Å². The van der Waals surface area contributed by atoms with Crippen molar-refractivity contribution in [1.82, 2.24) is 14.9 Å². The van der Waals surface area contributed by atoms with Crippen LogP contribution in [0.3, 0.4) is 0 Å². The monoisotopic (exact) mass is 271 g/mol. The predicted molar refractivity (Wildman–Crippen MR) is 79.6 cm³/mol. The van der Waals surface area contributed by atoms with Gasteiger partial charge in [-0.25, -0.2) is 4.98 Å². The van der Waals surface area contributed by atoms with Crippen LogP contribution in [0, 0.1) is 0 Å². The van der Waals surface area contributed by atoms with Gasteiger partial charge in [-0.1, -0.05) is 12.8 Å². The fraction of sp³-hybridized carbons (Fsp3) is 0.438. The minimum atomic E-state index is 0.289.